The first-order chi connectivity index (χ1) is 1.41. The average molecular weight is 286 g/mol. The summed E-state index contributed by atoms with van der Waals surface area (Å²) in [5.41, 5.74) is 4.39. The second-order valence-electron chi connectivity index (χ2n) is 0.167. The van der Waals surface area contributed by atoms with E-state index >= 15 is 0 Å². The second kappa shape index (κ2) is 19.6. The minimum atomic E-state index is 0. The number of nitrogens with two attached hydrogens (primary N) is 1. The Balaban J connectivity index is -0.0000000200. The van der Waals surface area contributed by atoms with Crippen molar-refractivity contribution >= 4 is 56.2 Å². The molecule has 0 fully saturated rings. The van der Waals surface area contributed by atoms with Crippen molar-refractivity contribution in [2.75, 3.05) is 0 Å². The first-order valence-corrected chi connectivity index (χ1v) is 0.622. The molecule has 0 spiro atoms. The summed E-state index contributed by atoms with van der Waals surface area (Å²) in [6, 6.07) is 0. The van der Waals surface area contributed by atoms with Crippen LogP contribution in [-0.4, -0.2) is 32.2 Å². The van der Waals surface area contributed by atoms with Gasteiger partial charge in [0.2, 0.25) is 0 Å². The van der Waals surface area contributed by atoms with Crippen LogP contribution in [0.3, 0.4) is 0 Å². The normalized spacial score (nSPS) is 2.40. The fourth-order valence-electron chi connectivity index (χ4n) is 0. The molecule has 0 aromatic heterocycles. The minimum absolute atomic E-state index is 0. The Morgan fingerprint density at radius 3 is 1.60 bits per heavy atom. The molecule has 0 heterocycles. The van der Waals surface area contributed by atoms with E-state index < -0.39 is 0 Å². The summed E-state index contributed by atoms with van der Waals surface area (Å²) in [5, 5.41) is 5.86. The predicted molar refractivity (Wildman–Crippen MR) is 32.7 cm³/mol. The van der Waals surface area contributed by atoms with Gasteiger partial charge in [-0.1, -0.05) is 0 Å². The Hall–Kier alpha value is 1.07. The molecule has 0 aliphatic heterocycles. The van der Waals surface area contributed by atoms with Gasteiger partial charge < -0.3 is 5.73 Å². The summed E-state index contributed by atoms with van der Waals surface area (Å²) < 4.78 is 0. The van der Waals surface area contributed by atoms with Crippen molar-refractivity contribution in [2.24, 2.45) is 5.73 Å². The van der Waals surface area contributed by atoms with E-state index in [1.165, 1.54) is 0 Å². The zero-order valence-electron chi connectivity index (χ0n) is 2.61. The molecule has 28 valence electrons. The summed E-state index contributed by atoms with van der Waals surface area (Å²) in [4.78, 5) is 0. The van der Waals surface area contributed by atoms with Crippen LogP contribution in [0.4, 0.5) is 0 Å². The van der Waals surface area contributed by atoms with E-state index in [9.17, 15) is 0 Å². The van der Waals surface area contributed by atoms with Crippen molar-refractivity contribution in [3.8, 4) is 0 Å². The van der Waals surface area contributed by atoms with Crippen LogP contribution in [0.2, 0.25) is 0 Å². The van der Waals surface area contributed by atoms with Gasteiger partial charge in [-0.3, -0.25) is 5.41 Å². The van der Waals surface area contributed by atoms with Gasteiger partial charge in [0, 0.05) is 49.8 Å². The van der Waals surface area contributed by atoms with Crippen LogP contribution in [0.15, 0.2) is 0 Å². The predicted octanol–water partition coefficient (Wildman–Crippen LogP) is 0.0571. The molecule has 0 unspecified atom stereocenters. The maximum atomic E-state index is 5.86. The number of halogens is 1. The van der Waals surface area contributed by atoms with Crippen molar-refractivity contribution < 1.29 is 0 Å². The molecule has 0 aromatic rings. The van der Waals surface area contributed by atoms with E-state index in [1.807, 2.05) is 0 Å². The number of hydrogen-bond acceptors (Lipinski definition) is 1. The Labute approximate surface area is 66.8 Å². The summed E-state index contributed by atoms with van der Waals surface area (Å²) in [6.07, 6.45) is 0.750. The van der Waals surface area contributed by atoms with Gasteiger partial charge in [-0.2, -0.15) is 0 Å². The van der Waals surface area contributed by atoms with Crippen molar-refractivity contribution in [1.29, 1.82) is 5.41 Å². The maximum absolute atomic E-state index is 5.86. The second-order valence-corrected chi connectivity index (χ2v) is 0.167. The van der Waals surface area contributed by atoms with Gasteiger partial charge in [0.1, 0.15) is 0 Å². The maximum Gasteiger partial charge on any atom is 0.0765 e. The number of hydrogen-bond donors (Lipinski definition) is 2. The quantitative estimate of drug-likeness (QED) is 0.369. The smallest absolute Gasteiger partial charge is 0.0765 e. The number of nitrogens with one attached hydrogen (secondary N) is 1. The van der Waals surface area contributed by atoms with Gasteiger partial charge in [0.05, 0.1) is 6.34 Å². The largest absolute Gasteiger partial charge is 0.390 e. The third-order valence-corrected chi connectivity index (χ3v) is 0. The molecule has 3 N–H and O–H groups in total. The van der Waals surface area contributed by atoms with Gasteiger partial charge >= 0.3 is 0 Å². The Morgan fingerprint density at radius 2 is 1.60 bits per heavy atom. The van der Waals surface area contributed by atoms with Crippen LogP contribution in [0.5, 0.6) is 0 Å². The van der Waals surface area contributed by atoms with Crippen molar-refractivity contribution in [2.45, 2.75) is 0 Å². The molecule has 5 heavy (non-hydrogen) atoms. The van der Waals surface area contributed by atoms with E-state index in [-0.39, 0.29) is 49.8 Å². The molecule has 4 radical (unpaired) electrons. The molecule has 0 aliphatic rings. The molecule has 0 saturated carbocycles. The monoisotopic (exact) mass is 286 g/mol. The van der Waals surface area contributed by atoms with Crippen LogP contribution in [0.25, 0.3) is 0 Å². The molecule has 2 nitrogen and oxygen atoms in total. The van der Waals surface area contributed by atoms with Crippen LogP contribution in [0, 0.1) is 5.41 Å². The fourth-order valence-corrected chi connectivity index (χ4v) is 0. The van der Waals surface area contributed by atoms with E-state index in [4.69, 9.17) is 5.41 Å². The van der Waals surface area contributed by atoms with Crippen LogP contribution >= 0.6 is 24.0 Å². The fraction of sp³-hybridized carbons (Fsp3) is 0. The molecule has 0 saturated heterocycles. The van der Waals surface area contributed by atoms with Crippen molar-refractivity contribution in [3.63, 3.8) is 0 Å². The summed E-state index contributed by atoms with van der Waals surface area (Å²) in [7, 11) is 0. The van der Waals surface area contributed by atoms with Gasteiger partial charge in [0.15, 0.2) is 0 Å². The number of rotatable bonds is 0. The van der Waals surface area contributed by atoms with E-state index in [1.54, 1.807) is 0 Å². The zero-order valence-corrected chi connectivity index (χ0v) is 8.06. The standard InChI is InChI=1S/CH4N2.I.In/c2-1-3;;/h1H,(H3,2,3);;. The third-order valence-electron chi connectivity index (χ3n) is 0. The molecular formula is CH4IInN2. The van der Waals surface area contributed by atoms with Gasteiger partial charge in [0.25, 0.3) is 0 Å². The van der Waals surface area contributed by atoms with Crippen LogP contribution < -0.4 is 5.73 Å². The van der Waals surface area contributed by atoms with Gasteiger partial charge in [-0.15, -0.1) is 0 Å². The summed E-state index contributed by atoms with van der Waals surface area (Å²) in [5.74, 6) is 0. The Kier molecular flexibility index (Phi) is 64.9. The average Bonchev–Trinajstić information content (AvgIpc) is 0.918. The van der Waals surface area contributed by atoms with E-state index in [0.29, 0.717) is 0 Å². The molecule has 0 amide bonds. The molecule has 0 atom stereocenters. The van der Waals surface area contributed by atoms with Crippen LogP contribution in [0.1, 0.15) is 0 Å². The molecule has 0 aromatic carbocycles. The molecule has 0 bridgehead atoms. The Bertz CT molecular complexity index is 17.1. The Morgan fingerprint density at radius 1 is 1.60 bits per heavy atom. The zero-order chi connectivity index (χ0) is 2.71. The molecule has 0 aliphatic carbocycles. The molecule has 4 heteroatoms. The first-order valence-electron chi connectivity index (χ1n) is 0.622. The third kappa shape index (κ3) is 41.7. The SMILES string of the molecule is N=CN.[I].[In]. The van der Waals surface area contributed by atoms with Gasteiger partial charge in [-0.05, 0) is 0 Å². The topological polar surface area (TPSA) is 49.9 Å². The van der Waals surface area contributed by atoms with Crippen molar-refractivity contribution in [3.05, 3.63) is 0 Å². The minimum Gasteiger partial charge on any atom is -0.390 e. The van der Waals surface area contributed by atoms with Crippen molar-refractivity contribution in [1.82, 2.24) is 0 Å². The van der Waals surface area contributed by atoms with Crippen LogP contribution in [-0.2, 0) is 0 Å². The summed E-state index contributed by atoms with van der Waals surface area (Å²) >= 11 is 0. The van der Waals surface area contributed by atoms with E-state index in [0.717, 1.165) is 6.34 Å². The molecule has 0 rings (SSSR count). The first kappa shape index (κ1) is 16.6. The summed E-state index contributed by atoms with van der Waals surface area (Å²) in [6.45, 7) is 0. The van der Waals surface area contributed by atoms with E-state index in [2.05, 4.69) is 5.73 Å². The van der Waals surface area contributed by atoms with Gasteiger partial charge in [-0.25, -0.2) is 0 Å². The molecular weight excluding hydrogens is 282 g/mol.